The van der Waals surface area contributed by atoms with Crippen molar-refractivity contribution in [3.8, 4) is 17.2 Å². The maximum Gasteiger partial charge on any atom is 0.243 e. The predicted molar refractivity (Wildman–Crippen MR) is 104 cm³/mol. The molecule has 1 rings (SSSR count). The highest BCUT2D eigenvalue weighted by Gasteiger charge is 2.14. The molecule has 0 aliphatic carbocycles. The maximum atomic E-state index is 11.8. The van der Waals surface area contributed by atoms with E-state index in [1.165, 1.54) is 4.90 Å². The highest BCUT2D eigenvalue weighted by molar-refractivity contribution is 5.95. The minimum Gasteiger partial charge on any atom is -0.493 e. The molecule has 1 aromatic carbocycles. The molecule has 0 saturated carbocycles. The summed E-state index contributed by atoms with van der Waals surface area (Å²) < 4.78 is 16.1. The van der Waals surface area contributed by atoms with Gasteiger partial charge in [0.2, 0.25) is 11.7 Å². The van der Waals surface area contributed by atoms with Gasteiger partial charge in [0.1, 0.15) is 6.54 Å². The zero-order chi connectivity index (χ0) is 19.7. The zero-order valence-corrected chi connectivity index (χ0v) is 16.7. The molecule has 0 saturated heterocycles. The molecule has 0 aliphatic rings. The summed E-state index contributed by atoms with van der Waals surface area (Å²) in [5.74, 6) is 2.41. The molecule has 0 atom stereocenters. The number of rotatable bonds is 8. The van der Waals surface area contributed by atoms with Crippen LogP contribution in [0.4, 0.5) is 5.69 Å². The number of nitrogens with one attached hydrogen (secondary N) is 2. The first-order chi connectivity index (χ1) is 12.3. The highest BCUT2D eigenvalue weighted by Crippen LogP contribution is 2.39. The zero-order valence-electron chi connectivity index (χ0n) is 16.7. The Morgan fingerprint density at radius 2 is 1.69 bits per heavy atom. The second-order valence-electron chi connectivity index (χ2n) is 6.27. The van der Waals surface area contributed by atoms with Crippen molar-refractivity contribution in [1.82, 2.24) is 10.2 Å². The Bertz CT molecular complexity index is 605. The van der Waals surface area contributed by atoms with Crippen molar-refractivity contribution in [3.05, 3.63) is 12.1 Å². The quantitative estimate of drug-likeness (QED) is 0.539. The minimum atomic E-state index is -0.0828. The van der Waals surface area contributed by atoms with Crippen LogP contribution in [0.25, 0.3) is 0 Å². The fourth-order valence-corrected chi connectivity index (χ4v) is 2.02. The van der Waals surface area contributed by atoms with Crippen molar-refractivity contribution < 1.29 is 19.0 Å². The molecule has 0 aromatic heterocycles. The number of carbonyl (C=O) groups is 1. The number of hydrogen-bond donors (Lipinski definition) is 2. The normalized spacial score (nSPS) is 11.2. The van der Waals surface area contributed by atoms with Crippen molar-refractivity contribution in [3.63, 3.8) is 0 Å². The van der Waals surface area contributed by atoms with Crippen molar-refractivity contribution in [2.75, 3.05) is 53.8 Å². The lowest BCUT2D eigenvalue weighted by molar-refractivity contribution is -0.127. The Labute approximate surface area is 155 Å². The molecule has 0 unspecified atom stereocenters. The van der Waals surface area contributed by atoms with E-state index in [0.717, 1.165) is 0 Å². The van der Waals surface area contributed by atoms with E-state index in [9.17, 15) is 4.79 Å². The molecule has 1 aromatic rings. The molecule has 146 valence electrons. The Balaban J connectivity index is 3.09. The fraction of sp³-hybridized carbons (Fsp3) is 0.556. The summed E-state index contributed by atoms with van der Waals surface area (Å²) in [6.45, 7) is 4.95. The van der Waals surface area contributed by atoms with Gasteiger partial charge in [0.15, 0.2) is 17.5 Å². The third-order valence-corrected chi connectivity index (χ3v) is 3.48. The SMILES string of the molecule is COc1cc(NC(=NCC(=O)N(C)C)NCC(C)C)cc(OC)c1OC. The summed E-state index contributed by atoms with van der Waals surface area (Å²) in [5, 5.41) is 6.40. The molecule has 26 heavy (non-hydrogen) atoms. The molecule has 8 heteroatoms. The van der Waals surface area contributed by atoms with Crippen LogP contribution in [0.1, 0.15) is 13.8 Å². The number of guanidine groups is 1. The first-order valence-electron chi connectivity index (χ1n) is 8.37. The molecular formula is C18H30N4O4. The monoisotopic (exact) mass is 366 g/mol. The number of ether oxygens (including phenoxy) is 3. The number of nitrogens with zero attached hydrogens (tertiary/aromatic N) is 2. The van der Waals surface area contributed by atoms with Gasteiger partial charge in [-0.3, -0.25) is 4.79 Å². The lowest BCUT2D eigenvalue weighted by Crippen LogP contribution is -2.35. The van der Waals surface area contributed by atoms with E-state index < -0.39 is 0 Å². The summed E-state index contributed by atoms with van der Waals surface area (Å²) in [6, 6.07) is 3.56. The van der Waals surface area contributed by atoms with Crippen LogP contribution in [0.2, 0.25) is 0 Å². The Kier molecular flexibility index (Phi) is 8.54. The van der Waals surface area contributed by atoms with Gasteiger partial charge in [0.05, 0.1) is 21.3 Å². The van der Waals surface area contributed by atoms with Gasteiger partial charge in [-0.2, -0.15) is 0 Å². The molecular weight excluding hydrogens is 336 g/mol. The van der Waals surface area contributed by atoms with Gasteiger partial charge in [0, 0.05) is 38.5 Å². The number of likely N-dealkylation sites (N-methyl/N-ethyl adjacent to an activating group) is 1. The van der Waals surface area contributed by atoms with Crippen LogP contribution in [0.5, 0.6) is 17.2 Å². The topological polar surface area (TPSA) is 84.4 Å². The van der Waals surface area contributed by atoms with E-state index in [4.69, 9.17) is 14.2 Å². The third-order valence-electron chi connectivity index (χ3n) is 3.48. The average Bonchev–Trinajstić information content (AvgIpc) is 2.62. The van der Waals surface area contributed by atoms with Crippen LogP contribution in [0.3, 0.4) is 0 Å². The maximum absolute atomic E-state index is 11.8. The van der Waals surface area contributed by atoms with Crippen LogP contribution in [0, 0.1) is 5.92 Å². The molecule has 0 bridgehead atoms. The van der Waals surface area contributed by atoms with Crippen LogP contribution < -0.4 is 24.8 Å². The molecule has 0 fully saturated rings. The average molecular weight is 366 g/mol. The van der Waals surface area contributed by atoms with E-state index in [2.05, 4.69) is 29.5 Å². The Hall–Kier alpha value is -2.64. The predicted octanol–water partition coefficient (Wildman–Crippen LogP) is 1.81. The molecule has 1 amide bonds. The second kappa shape index (κ2) is 10.4. The lowest BCUT2D eigenvalue weighted by atomic mass is 10.2. The van der Waals surface area contributed by atoms with Gasteiger partial charge in [-0.25, -0.2) is 4.99 Å². The Morgan fingerprint density at radius 1 is 1.12 bits per heavy atom. The summed E-state index contributed by atoms with van der Waals surface area (Å²) in [6.07, 6.45) is 0. The van der Waals surface area contributed by atoms with E-state index in [0.29, 0.717) is 41.4 Å². The fourth-order valence-electron chi connectivity index (χ4n) is 2.02. The number of methoxy groups -OCH3 is 3. The summed E-state index contributed by atoms with van der Waals surface area (Å²) in [7, 11) is 8.07. The van der Waals surface area contributed by atoms with E-state index in [1.54, 1.807) is 47.6 Å². The van der Waals surface area contributed by atoms with Gasteiger partial charge in [-0.15, -0.1) is 0 Å². The molecule has 8 nitrogen and oxygen atoms in total. The Morgan fingerprint density at radius 3 is 2.12 bits per heavy atom. The second-order valence-corrected chi connectivity index (χ2v) is 6.27. The largest absolute Gasteiger partial charge is 0.493 e. The van der Waals surface area contributed by atoms with Crippen molar-refractivity contribution in [2.45, 2.75) is 13.8 Å². The summed E-state index contributed by atoms with van der Waals surface area (Å²) >= 11 is 0. The summed E-state index contributed by atoms with van der Waals surface area (Å²) in [5.41, 5.74) is 0.701. The van der Waals surface area contributed by atoms with Gasteiger partial charge in [-0.1, -0.05) is 13.8 Å². The highest BCUT2D eigenvalue weighted by atomic mass is 16.5. The molecule has 0 radical (unpaired) electrons. The van der Waals surface area contributed by atoms with E-state index in [-0.39, 0.29) is 12.5 Å². The van der Waals surface area contributed by atoms with Gasteiger partial charge < -0.3 is 29.7 Å². The number of hydrogen-bond acceptors (Lipinski definition) is 5. The molecule has 0 aliphatic heterocycles. The van der Waals surface area contributed by atoms with Crippen molar-refractivity contribution in [1.29, 1.82) is 0 Å². The first kappa shape index (κ1) is 21.4. The van der Waals surface area contributed by atoms with Crippen LogP contribution in [0.15, 0.2) is 17.1 Å². The van der Waals surface area contributed by atoms with Crippen LogP contribution in [-0.2, 0) is 4.79 Å². The standard InChI is InChI=1S/C18H30N4O4/c1-12(2)10-19-18(20-11-16(23)22(3)4)21-13-8-14(24-5)17(26-7)15(9-13)25-6/h8-9,12H,10-11H2,1-7H3,(H2,19,20,21). The molecule has 2 N–H and O–H groups in total. The third kappa shape index (κ3) is 6.34. The van der Waals surface area contributed by atoms with Crippen LogP contribution >= 0.6 is 0 Å². The smallest absolute Gasteiger partial charge is 0.243 e. The number of amides is 1. The number of anilines is 1. The van der Waals surface area contributed by atoms with E-state index >= 15 is 0 Å². The van der Waals surface area contributed by atoms with Crippen molar-refractivity contribution >= 4 is 17.6 Å². The minimum absolute atomic E-state index is 0.0465. The molecule has 0 heterocycles. The number of carbonyl (C=O) groups excluding carboxylic acids is 1. The van der Waals surface area contributed by atoms with Crippen LogP contribution in [-0.4, -0.2) is 65.3 Å². The summed E-state index contributed by atoms with van der Waals surface area (Å²) in [4.78, 5) is 17.7. The van der Waals surface area contributed by atoms with Gasteiger partial charge in [0.25, 0.3) is 0 Å². The first-order valence-corrected chi connectivity index (χ1v) is 8.37. The number of aliphatic imine (C=N–C) groups is 1. The lowest BCUT2D eigenvalue weighted by Gasteiger charge is -2.18. The molecule has 0 spiro atoms. The van der Waals surface area contributed by atoms with Gasteiger partial charge in [-0.05, 0) is 5.92 Å². The number of benzene rings is 1. The van der Waals surface area contributed by atoms with Gasteiger partial charge >= 0.3 is 0 Å². The van der Waals surface area contributed by atoms with E-state index in [1.807, 2.05) is 0 Å². The van der Waals surface area contributed by atoms with Crippen molar-refractivity contribution in [2.24, 2.45) is 10.9 Å².